The smallest absolute Gasteiger partial charge is 0.222 e. The molecule has 1 saturated heterocycles. The minimum Gasteiger partial charge on any atom is -0.357 e. The number of carbonyl (C=O) groups excluding carboxylic acids is 1. The molecule has 1 amide bonds. The number of aromatic nitrogens is 4. The van der Waals surface area contributed by atoms with Crippen molar-refractivity contribution in [1.82, 2.24) is 25.1 Å². The fourth-order valence-corrected chi connectivity index (χ4v) is 3.91. The van der Waals surface area contributed by atoms with Crippen molar-refractivity contribution in [3.8, 4) is 11.4 Å². The zero-order chi connectivity index (χ0) is 20.9. The molecular weight excluding hydrogens is 396 g/mol. The van der Waals surface area contributed by atoms with E-state index in [-0.39, 0.29) is 5.91 Å². The minimum absolute atomic E-state index is 0.0306. The van der Waals surface area contributed by atoms with E-state index in [9.17, 15) is 4.79 Å². The highest BCUT2D eigenvalue weighted by molar-refractivity contribution is 7.71. The van der Waals surface area contributed by atoms with E-state index in [1.54, 1.807) is 0 Å². The van der Waals surface area contributed by atoms with Crippen molar-refractivity contribution in [3.63, 3.8) is 0 Å². The van der Waals surface area contributed by atoms with E-state index in [1.807, 2.05) is 48.0 Å². The highest BCUT2D eigenvalue weighted by Crippen LogP contribution is 2.19. The Labute approximate surface area is 181 Å². The Morgan fingerprint density at radius 3 is 2.80 bits per heavy atom. The molecule has 0 atom stereocenters. The molecule has 0 saturated carbocycles. The van der Waals surface area contributed by atoms with Gasteiger partial charge in [-0.15, -0.1) is 0 Å². The molecule has 0 spiro atoms. The molecule has 2 aromatic heterocycles. The first-order chi connectivity index (χ1) is 14.6. The molecule has 4 rings (SSSR count). The summed E-state index contributed by atoms with van der Waals surface area (Å²) in [7, 11) is 0. The molecule has 1 aliphatic rings. The second kappa shape index (κ2) is 9.21. The highest BCUT2D eigenvalue weighted by atomic mass is 32.1. The number of hydrogen-bond acceptors (Lipinski definition) is 5. The Hall–Kier alpha value is -3.00. The number of H-pyrrole nitrogens is 1. The Balaban J connectivity index is 1.32. The Morgan fingerprint density at radius 2 is 2.07 bits per heavy atom. The van der Waals surface area contributed by atoms with Crippen LogP contribution in [0.15, 0.2) is 42.6 Å². The molecule has 8 heteroatoms. The lowest BCUT2D eigenvalue weighted by molar-refractivity contribution is -0.121. The zero-order valence-corrected chi connectivity index (χ0v) is 17.9. The van der Waals surface area contributed by atoms with Crippen molar-refractivity contribution in [3.05, 3.63) is 58.5 Å². The number of hydrogen-bond donors (Lipinski definition) is 2. The molecule has 1 aromatic carbocycles. The number of pyridine rings is 1. The summed E-state index contributed by atoms with van der Waals surface area (Å²) in [6, 6.07) is 12.1. The van der Waals surface area contributed by atoms with Crippen LogP contribution in [-0.2, 0) is 17.9 Å². The van der Waals surface area contributed by atoms with Crippen molar-refractivity contribution in [2.75, 3.05) is 18.0 Å². The fourth-order valence-electron chi connectivity index (χ4n) is 3.69. The predicted octanol–water partition coefficient (Wildman–Crippen LogP) is 3.62. The van der Waals surface area contributed by atoms with Crippen LogP contribution in [0.3, 0.4) is 0 Å². The first kappa shape index (κ1) is 20.3. The molecule has 2 N–H and O–H groups in total. The van der Waals surface area contributed by atoms with Crippen LogP contribution in [0.25, 0.3) is 11.4 Å². The average molecular weight is 423 g/mol. The summed E-state index contributed by atoms with van der Waals surface area (Å²) in [6.45, 7) is 5.12. The van der Waals surface area contributed by atoms with Crippen LogP contribution in [-0.4, -0.2) is 38.7 Å². The first-order valence-corrected chi connectivity index (χ1v) is 10.7. The summed E-state index contributed by atoms with van der Waals surface area (Å²) in [4.78, 5) is 19.2. The van der Waals surface area contributed by atoms with Gasteiger partial charge in [0.15, 0.2) is 10.6 Å². The lowest BCUT2D eigenvalue weighted by Crippen LogP contribution is -2.24. The predicted molar refractivity (Wildman–Crippen MR) is 120 cm³/mol. The van der Waals surface area contributed by atoms with E-state index in [4.69, 9.17) is 12.2 Å². The SMILES string of the molecule is Cc1cccc(-c2n[nH]c(=S)n2CCC(=O)NCc2ccc(N3CCCC3)nc2)c1. The fraction of sp³-hybridized carbons (Fsp3) is 0.364. The second-order valence-corrected chi connectivity index (χ2v) is 8.01. The lowest BCUT2D eigenvalue weighted by atomic mass is 10.1. The third-order valence-corrected chi connectivity index (χ3v) is 5.64. The maximum Gasteiger partial charge on any atom is 0.222 e. The lowest BCUT2D eigenvalue weighted by Gasteiger charge is -2.16. The highest BCUT2D eigenvalue weighted by Gasteiger charge is 2.13. The number of rotatable bonds is 7. The van der Waals surface area contributed by atoms with Crippen LogP contribution in [0.4, 0.5) is 5.82 Å². The monoisotopic (exact) mass is 422 g/mol. The van der Waals surface area contributed by atoms with Crippen molar-refractivity contribution < 1.29 is 4.79 Å². The van der Waals surface area contributed by atoms with Gasteiger partial charge in [0.05, 0.1) is 0 Å². The van der Waals surface area contributed by atoms with Gasteiger partial charge >= 0.3 is 0 Å². The van der Waals surface area contributed by atoms with Crippen molar-refractivity contribution in [2.45, 2.75) is 39.3 Å². The number of nitrogens with one attached hydrogen (secondary N) is 2. The molecule has 0 bridgehead atoms. The van der Waals surface area contributed by atoms with Gasteiger partial charge in [0.1, 0.15) is 5.82 Å². The Kier molecular flexibility index (Phi) is 6.23. The van der Waals surface area contributed by atoms with E-state index >= 15 is 0 Å². The number of benzene rings is 1. The van der Waals surface area contributed by atoms with Gasteiger partial charge in [-0.3, -0.25) is 14.5 Å². The minimum atomic E-state index is -0.0306. The van der Waals surface area contributed by atoms with E-state index in [0.29, 0.717) is 24.3 Å². The molecule has 1 fully saturated rings. The van der Waals surface area contributed by atoms with Crippen LogP contribution in [0.5, 0.6) is 0 Å². The molecule has 0 radical (unpaired) electrons. The zero-order valence-electron chi connectivity index (χ0n) is 17.1. The van der Waals surface area contributed by atoms with Gasteiger partial charge in [0.2, 0.25) is 5.91 Å². The quantitative estimate of drug-likeness (QED) is 0.569. The van der Waals surface area contributed by atoms with Gasteiger partial charge in [-0.1, -0.05) is 29.8 Å². The molecule has 0 unspecified atom stereocenters. The molecule has 0 aliphatic carbocycles. The van der Waals surface area contributed by atoms with E-state index in [1.165, 1.54) is 12.8 Å². The molecule has 1 aliphatic heterocycles. The van der Waals surface area contributed by atoms with Gasteiger partial charge < -0.3 is 10.2 Å². The Morgan fingerprint density at radius 1 is 1.23 bits per heavy atom. The van der Waals surface area contributed by atoms with Crippen LogP contribution < -0.4 is 10.2 Å². The van der Waals surface area contributed by atoms with Gasteiger partial charge in [0, 0.05) is 44.4 Å². The Bertz CT molecular complexity index is 1070. The van der Waals surface area contributed by atoms with Crippen LogP contribution >= 0.6 is 12.2 Å². The van der Waals surface area contributed by atoms with Crippen LogP contribution in [0, 0.1) is 11.7 Å². The van der Waals surface area contributed by atoms with E-state index < -0.39 is 0 Å². The number of amides is 1. The number of aromatic amines is 1. The topological polar surface area (TPSA) is 78.8 Å². The summed E-state index contributed by atoms with van der Waals surface area (Å²) in [5, 5.41) is 10.1. The summed E-state index contributed by atoms with van der Waals surface area (Å²) in [5.41, 5.74) is 3.12. The first-order valence-electron chi connectivity index (χ1n) is 10.3. The summed E-state index contributed by atoms with van der Waals surface area (Å²) < 4.78 is 2.39. The largest absolute Gasteiger partial charge is 0.357 e. The standard InChI is InChI=1S/C22H26N6OS/c1-16-5-4-6-18(13-16)21-25-26-22(30)28(21)12-9-20(29)24-15-17-7-8-19(23-14-17)27-10-2-3-11-27/h4-8,13-14H,2-3,9-12,15H2,1H3,(H,24,29)(H,26,30). The number of aryl methyl sites for hydroxylation is 1. The van der Waals surface area contributed by atoms with Gasteiger partial charge in [-0.05, 0) is 49.7 Å². The maximum absolute atomic E-state index is 12.4. The molecular formula is C22H26N6OS. The normalized spacial score (nSPS) is 13.6. The summed E-state index contributed by atoms with van der Waals surface area (Å²) in [6.07, 6.45) is 4.62. The molecule has 30 heavy (non-hydrogen) atoms. The van der Waals surface area contributed by atoms with Gasteiger partial charge in [0.25, 0.3) is 0 Å². The molecule has 3 heterocycles. The maximum atomic E-state index is 12.4. The average Bonchev–Trinajstić information content (AvgIpc) is 3.41. The third kappa shape index (κ3) is 4.76. The van der Waals surface area contributed by atoms with E-state index in [2.05, 4.69) is 31.5 Å². The van der Waals surface area contributed by atoms with Crippen molar-refractivity contribution in [1.29, 1.82) is 0 Å². The second-order valence-electron chi connectivity index (χ2n) is 7.62. The number of anilines is 1. The summed E-state index contributed by atoms with van der Waals surface area (Å²) >= 11 is 5.36. The van der Waals surface area contributed by atoms with Gasteiger partial charge in [-0.25, -0.2) is 4.98 Å². The van der Waals surface area contributed by atoms with Crippen LogP contribution in [0.1, 0.15) is 30.4 Å². The van der Waals surface area contributed by atoms with Crippen LogP contribution in [0.2, 0.25) is 0 Å². The van der Waals surface area contributed by atoms with Crippen molar-refractivity contribution in [2.24, 2.45) is 0 Å². The number of nitrogens with zero attached hydrogens (tertiary/aromatic N) is 4. The van der Waals surface area contributed by atoms with Crippen molar-refractivity contribution >= 4 is 23.9 Å². The van der Waals surface area contributed by atoms with Gasteiger partial charge in [-0.2, -0.15) is 5.10 Å². The third-order valence-electron chi connectivity index (χ3n) is 5.33. The molecule has 3 aromatic rings. The molecule has 7 nitrogen and oxygen atoms in total. The van der Waals surface area contributed by atoms with E-state index in [0.717, 1.165) is 41.4 Å². The molecule has 156 valence electrons. The number of carbonyl (C=O) groups is 1. The summed E-state index contributed by atoms with van der Waals surface area (Å²) in [5.74, 6) is 1.73.